The third-order valence-electron chi connectivity index (χ3n) is 6.16. The molecular formula is C22H15B3ClF2N3O4. The van der Waals surface area contributed by atoms with Gasteiger partial charge in [0.05, 0.1) is 13.3 Å². The van der Waals surface area contributed by atoms with Crippen LogP contribution in [0.4, 0.5) is 8.78 Å². The lowest BCUT2D eigenvalue weighted by Crippen LogP contribution is -2.66. The molecule has 2 aromatic rings. The Balaban J connectivity index is 1.50. The van der Waals surface area contributed by atoms with Crippen LogP contribution in [0.1, 0.15) is 33.5 Å². The fraction of sp³-hybridized carbons (Fsp3) is 0.273. The maximum absolute atomic E-state index is 14.5. The van der Waals surface area contributed by atoms with Gasteiger partial charge in [0.2, 0.25) is 19.8 Å². The number of nitrogens with zero attached hydrogens (tertiary/aromatic N) is 2. The zero-order chi connectivity index (χ0) is 25.7. The standard InChI is InChI=1S/C22H15B3ClF2N3O4/c23-16-8-17(32)31(25)20(35)21(16,24)30-10-12-7-11(1-6-15(12)18(30)33)9-29-19(34)22(27,28)13-2-4-14(26)5-3-13/h1-7,16H,8-10H2,(H,29,34)/t16?,21-/m1/s1. The molecule has 7 nitrogen and oxygen atoms in total. The van der Waals surface area contributed by atoms with Gasteiger partial charge in [-0.1, -0.05) is 35.9 Å². The lowest BCUT2D eigenvalue weighted by atomic mass is 9.55. The molecule has 35 heavy (non-hydrogen) atoms. The number of hydrogen-bond donors (Lipinski definition) is 1. The van der Waals surface area contributed by atoms with Gasteiger partial charge in [0, 0.05) is 35.7 Å². The number of imide groups is 1. The molecule has 1 fully saturated rings. The lowest BCUT2D eigenvalue weighted by Gasteiger charge is -2.48. The van der Waals surface area contributed by atoms with Gasteiger partial charge in [0.15, 0.2) is 0 Å². The maximum atomic E-state index is 14.5. The number of hydrogen-bond acceptors (Lipinski definition) is 4. The fourth-order valence-electron chi connectivity index (χ4n) is 4.09. The van der Waals surface area contributed by atoms with Gasteiger partial charge in [-0.2, -0.15) is 8.78 Å². The van der Waals surface area contributed by atoms with E-state index in [1.165, 1.54) is 30.3 Å². The van der Waals surface area contributed by atoms with Crippen LogP contribution in [0, 0.1) is 0 Å². The fourth-order valence-corrected chi connectivity index (χ4v) is 4.22. The van der Waals surface area contributed by atoms with Crippen molar-refractivity contribution in [1.82, 2.24) is 15.0 Å². The summed E-state index contributed by atoms with van der Waals surface area (Å²) >= 11 is 5.71. The van der Waals surface area contributed by atoms with E-state index in [-0.39, 0.29) is 30.1 Å². The number of carbonyl (C=O) groups excluding carboxylic acids is 4. The van der Waals surface area contributed by atoms with Crippen LogP contribution in [-0.4, -0.2) is 62.5 Å². The third-order valence-corrected chi connectivity index (χ3v) is 6.41. The van der Waals surface area contributed by atoms with Crippen molar-refractivity contribution in [3.05, 3.63) is 69.7 Å². The number of rotatable bonds is 5. The quantitative estimate of drug-likeness (QED) is 0.506. The molecule has 2 aliphatic heterocycles. The Morgan fingerprint density at radius 3 is 2.49 bits per heavy atom. The summed E-state index contributed by atoms with van der Waals surface area (Å²) in [5.74, 6) is -8.82. The molecule has 4 amide bonds. The number of benzene rings is 2. The number of piperidine rings is 1. The van der Waals surface area contributed by atoms with Crippen LogP contribution >= 0.6 is 11.6 Å². The van der Waals surface area contributed by atoms with Gasteiger partial charge in [-0.3, -0.25) is 19.2 Å². The van der Waals surface area contributed by atoms with Crippen LogP contribution < -0.4 is 5.32 Å². The molecule has 1 unspecified atom stereocenters. The Morgan fingerprint density at radius 2 is 1.83 bits per heavy atom. The van der Waals surface area contributed by atoms with Crippen molar-refractivity contribution in [2.45, 2.75) is 36.7 Å². The minimum absolute atomic E-state index is 0.130. The van der Waals surface area contributed by atoms with Gasteiger partial charge in [0.25, 0.3) is 11.8 Å². The van der Waals surface area contributed by atoms with E-state index in [9.17, 15) is 28.0 Å². The molecule has 2 aromatic carbocycles. The number of carbonyl (C=O) groups is 4. The smallest absolute Gasteiger partial charge is 0.346 e. The summed E-state index contributed by atoms with van der Waals surface area (Å²) in [4.78, 5) is 51.0. The summed E-state index contributed by atoms with van der Waals surface area (Å²) < 4.78 is 29.0. The van der Waals surface area contributed by atoms with E-state index >= 15 is 0 Å². The Morgan fingerprint density at radius 1 is 1.17 bits per heavy atom. The molecule has 0 bridgehead atoms. The summed E-state index contributed by atoms with van der Waals surface area (Å²) in [7, 11) is 17.7. The van der Waals surface area contributed by atoms with E-state index in [2.05, 4.69) is 5.32 Å². The number of halogens is 3. The van der Waals surface area contributed by atoms with Gasteiger partial charge in [-0.05, 0) is 35.1 Å². The largest absolute Gasteiger partial charge is 0.349 e. The van der Waals surface area contributed by atoms with Gasteiger partial charge >= 0.3 is 5.92 Å². The first kappa shape index (κ1) is 25.0. The molecule has 1 saturated heterocycles. The molecule has 13 heteroatoms. The predicted octanol–water partition coefficient (Wildman–Crippen LogP) is 1.37. The van der Waals surface area contributed by atoms with Crippen LogP contribution in [0.3, 0.4) is 0 Å². The molecule has 0 aromatic heterocycles. The normalized spacial score (nSPS) is 22.4. The third kappa shape index (κ3) is 4.13. The van der Waals surface area contributed by atoms with Crippen molar-refractivity contribution >= 4 is 58.9 Å². The predicted molar refractivity (Wildman–Crippen MR) is 124 cm³/mol. The summed E-state index contributed by atoms with van der Waals surface area (Å²) in [6.07, 6.45) is -0.335. The van der Waals surface area contributed by atoms with E-state index in [4.69, 9.17) is 35.3 Å². The van der Waals surface area contributed by atoms with Crippen molar-refractivity contribution in [2.75, 3.05) is 0 Å². The molecule has 0 saturated carbocycles. The average molecular weight is 491 g/mol. The van der Waals surface area contributed by atoms with Gasteiger partial charge in [0.1, 0.15) is 7.85 Å². The van der Waals surface area contributed by atoms with E-state index in [1.807, 2.05) is 0 Å². The summed E-state index contributed by atoms with van der Waals surface area (Å²) in [6, 6.07) is 9.08. The van der Waals surface area contributed by atoms with Crippen LogP contribution in [0.5, 0.6) is 0 Å². The Hall–Kier alpha value is -3.14. The minimum Gasteiger partial charge on any atom is -0.346 e. The zero-order valence-corrected chi connectivity index (χ0v) is 18.9. The second kappa shape index (κ2) is 8.82. The van der Waals surface area contributed by atoms with Crippen molar-refractivity contribution in [3.8, 4) is 0 Å². The molecule has 2 heterocycles. The van der Waals surface area contributed by atoms with E-state index in [0.717, 1.165) is 17.0 Å². The monoisotopic (exact) mass is 491 g/mol. The van der Waals surface area contributed by atoms with Crippen LogP contribution in [0.15, 0.2) is 42.5 Å². The molecular weight excluding hydrogens is 476 g/mol. The highest BCUT2D eigenvalue weighted by atomic mass is 35.5. The van der Waals surface area contributed by atoms with Crippen molar-refractivity contribution < 1.29 is 28.0 Å². The highest BCUT2D eigenvalue weighted by Crippen LogP contribution is 2.39. The zero-order valence-electron chi connectivity index (χ0n) is 18.1. The molecule has 0 aliphatic carbocycles. The topological polar surface area (TPSA) is 86.8 Å². The molecule has 6 radical (unpaired) electrons. The average Bonchev–Trinajstić information content (AvgIpc) is 3.16. The van der Waals surface area contributed by atoms with Gasteiger partial charge in [-0.25, -0.2) is 0 Å². The van der Waals surface area contributed by atoms with Crippen LogP contribution in [-0.2, 0) is 33.4 Å². The Kier molecular flexibility index (Phi) is 6.29. The van der Waals surface area contributed by atoms with E-state index < -0.39 is 46.4 Å². The lowest BCUT2D eigenvalue weighted by molar-refractivity contribution is -0.148. The molecule has 4 rings (SSSR count). The number of alkyl halides is 2. The van der Waals surface area contributed by atoms with Crippen LogP contribution in [0.25, 0.3) is 0 Å². The molecule has 0 spiro atoms. The first-order valence-corrected chi connectivity index (χ1v) is 10.8. The molecule has 1 N–H and O–H groups in total. The minimum atomic E-state index is -3.79. The number of nitrogens with one attached hydrogen (secondary N) is 1. The van der Waals surface area contributed by atoms with E-state index in [1.54, 1.807) is 0 Å². The molecule has 2 atom stereocenters. The number of fused-ring (bicyclic) bond motifs is 1. The van der Waals surface area contributed by atoms with Crippen molar-refractivity contribution in [3.63, 3.8) is 0 Å². The Labute approximate surface area is 208 Å². The van der Waals surface area contributed by atoms with E-state index in [0.29, 0.717) is 15.9 Å². The second-order valence-corrected chi connectivity index (χ2v) is 8.79. The summed E-state index contributed by atoms with van der Waals surface area (Å²) in [5.41, 5.74) is -1.47. The highest BCUT2D eigenvalue weighted by Gasteiger charge is 2.53. The molecule has 2 aliphatic rings. The first-order chi connectivity index (χ1) is 16.4. The van der Waals surface area contributed by atoms with Crippen molar-refractivity contribution in [1.29, 1.82) is 0 Å². The summed E-state index contributed by atoms with van der Waals surface area (Å²) in [5, 5.41) is 2.44. The van der Waals surface area contributed by atoms with Gasteiger partial charge < -0.3 is 15.0 Å². The molecule has 172 valence electrons. The highest BCUT2D eigenvalue weighted by molar-refractivity contribution is 6.42. The Bertz CT molecular complexity index is 1250. The first-order valence-electron chi connectivity index (χ1n) is 10.4. The van der Waals surface area contributed by atoms with Gasteiger partial charge in [-0.15, -0.1) is 0 Å². The van der Waals surface area contributed by atoms with Crippen molar-refractivity contribution in [2.24, 2.45) is 0 Å². The second-order valence-electron chi connectivity index (χ2n) is 8.35. The SMILES string of the molecule is [B]C1CC(=O)N([B])C(=O)[C@]1([B])N1Cc2cc(CNC(=O)C(F)(F)c3ccc(Cl)cc3)ccc2C1=O. The summed E-state index contributed by atoms with van der Waals surface area (Å²) in [6.45, 7) is -0.379. The number of amides is 4. The maximum Gasteiger partial charge on any atom is 0.349 e. The van der Waals surface area contributed by atoms with Crippen LogP contribution in [0.2, 0.25) is 10.8 Å².